The lowest BCUT2D eigenvalue weighted by molar-refractivity contribution is -0.115. The summed E-state index contributed by atoms with van der Waals surface area (Å²) in [5.41, 5.74) is 1.06. The Hall–Kier alpha value is -3.00. The summed E-state index contributed by atoms with van der Waals surface area (Å²) in [6.45, 7) is 4.15. The van der Waals surface area contributed by atoms with Gasteiger partial charge in [-0.25, -0.2) is 8.78 Å². The number of nitrogens with zero attached hydrogens (tertiary/aromatic N) is 3. The Morgan fingerprint density at radius 3 is 2.61 bits per heavy atom. The molecule has 3 rings (SSSR count). The summed E-state index contributed by atoms with van der Waals surface area (Å²) in [4.78, 5) is 12.3. The maximum atomic E-state index is 13.8. The number of carbonyl (C=O) groups is 1. The summed E-state index contributed by atoms with van der Waals surface area (Å²) in [6, 6.07) is 12.1. The second-order valence-corrected chi connectivity index (χ2v) is 6.85. The van der Waals surface area contributed by atoms with Crippen LogP contribution in [0, 0.1) is 11.6 Å². The van der Waals surface area contributed by atoms with E-state index in [2.05, 4.69) is 22.1 Å². The van der Waals surface area contributed by atoms with Gasteiger partial charge >= 0.3 is 0 Å². The predicted octanol–water partition coefficient (Wildman–Crippen LogP) is 4.22. The molecule has 28 heavy (non-hydrogen) atoms. The number of nitrogens with one attached hydrogen (secondary N) is 1. The van der Waals surface area contributed by atoms with E-state index in [0.717, 1.165) is 0 Å². The normalized spacial score (nSPS) is 10.6. The Labute approximate surface area is 165 Å². The average molecular weight is 400 g/mol. The lowest BCUT2D eigenvalue weighted by Gasteiger charge is -2.09. The number of benzene rings is 2. The van der Waals surface area contributed by atoms with Crippen LogP contribution >= 0.6 is 11.8 Å². The van der Waals surface area contributed by atoms with Crippen molar-refractivity contribution in [3.05, 3.63) is 84.2 Å². The third-order valence-corrected chi connectivity index (χ3v) is 4.88. The Morgan fingerprint density at radius 2 is 1.89 bits per heavy atom. The van der Waals surface area contributed by atoms with Crippen molar-refractivity contribution in [2.45, 2.75) is 23.9 Å². The highest BCUT2D eigenvalue weighted by Gasteiger charge is 2.16. The molecule has 0 unspecified atom stereocenters. The van der Waals surface area contributed by atoms with Gasteiger partial charge in [-0.1, -0.05) is 36.0 Å². The molecule has 0 fully saturated rings. The van der Waals surface area contributed by atoms with Crippen molar-refractivity contribution < 1.29 is 13.6 Å². The largest absolute Gasteiger partial charge is 0.326 e. The van der Waals surface area contributed by atoms with Crippen molar-refractivity contribution >= 4 is 23.4 Å². The van der Waals surface area contributed by atoms with Crippen LogP contribution < -0.4 is 5.32 Å². The van der Waals surface area contributed by atoms with Crippen LogP contribution in [0.4, 0.5) is 14.5 Å². The molecular formula is C20H18F2N4OS. The summed E-state index contributed by atoms with van der Waals surface area (Å²) in [5, 5.41) is 11.5. The molecule has 0 aliphatic heterocycles. The summed E-state index contributed by atoms with van der Waals surface area (Å²) in [5.74, 6) is -0.0848. The van der Waals surface area contributed by atoms with Crippen LogP contribution in [0.3, 0.4) is 0 Å². The maximum Gasteiger partial charge on any atom is 0.232 e. The SMILES string of the molecule is C=CCn1c(CC(=O)Nc2ccc(F)cc2)nnc1SCc1ccccc1F. The summed E-state index contributed by atoms with van der Waals surface area (Å²) in [7, 11) is 0. The first kappa shape index (κ1) is 19.8. The molecule has 1 heterocycles. The van der Waals surface area contributed by atoms with Crippen molar-refractivity contribution in [1.29, 1.82) is 0 Å². The number of amides is 1. The molecule has 0 radical (unpaired) electrons. The van der Waals surface area contributed by atoms with Gasteiger partial charge < -0.3 is 9.88 Å². The van der Waals surface area contributed by atoms with Crippen molar-refractivity contribution in [2.24, 2.45) is 0 Å². The fraction of sp³-hybridized carbons (Fsp3) is 0.150. The molecule has 5 nitrogen and oxygen atoms in total. The molecule has 1 N–H and O–H groups in total. The first-order valence-corrected chi connectivity index (χ1v) is 9.50. The van der Waals surface area contributed by atoms with Gasteiger partial charge in [-0.3, -0.25) is 4.79 Å². The quantitative estimate of drug-likeness (QED) is 0.454. The van der Waals surface area contributed by atoms with Crippen LogP contribution in [0.15, 0.2) is 66.3 Å². The van der Waals surface area contributed by atoms with Crippen LogP contribution in [-0.4, -0.2) is 20.7 Å². The highest BCUT2D eigenvalue weighted by molar-refractivity contribution is 7.98. The zero-order valence-corrected chi connectivity index (χ0v) is 15.8. The third kappa shape index (κ3) is 5.04. The highest BCUT2D eigenvalue weighted by Crippen LogP contribution is 2.23. The van der Waals surface area contributed by atoms with Gasteiger partial charge in [0.2, 0.25) is 5.91 Å². The first-order chi connectivity index (χ1) is 13.6. The number of anilines is 1. The van der Waals surface area contributed by atoms with Crippen LogP contribution in [0.5, 0.6) is 0 Å². The van der Waals surface area contributed by atoms with Gasteiger partial charge in [0.1, 0.15) is 17.5 Å². The molecule has 144 valence electrons. The van der Waals surface area contributed by atoms with E-state index in [1.807, 2.05) is 0 Å². The van der Waals surface area contributed by atoms with Gasteiger partial charge in [-0.2, -0.15) is 0 Å². The predicted molar refractivity (Wildman–Crippen MR) is 105 cm³/mol. The zero-order valence-electron chi connectivity index (χ0n) is 14.9. The number of allylic oxidation sites excluding steroid dienone is 1. The van der Waals surface area contributed by atoms with Crippen molar-refractivity contribution in [3.63, 3.8) is 0 Å². The number of hydrogen-bond donors (Lipinski definition) is 1. The number of rotatable bonds is 8. The molecule has 0 spiro atoms. The van der Waals surface area contributed by atoms with E-state index in [9.17, 15) is 13.6 Å². The lowest BCUT2D eigenvalue weighted by atomic mass is 10.2. The fourth-order valence-corrected chi connectivity index (χ4v) is 3.46. The van der Waals surface area contributed by atoms with Crippen LogP contribution in [0.1, 0.15) is 11.4 Å². The number of carbonyl (C=O) groups excluding carboxylic acids is 1. The third-order valence-electron chi connectivity index (χ3n) is 3.87. The van der Waals surface area contributed by atoms with Crippen LogP contribution in [0.2, 0.25) is 0 Å². The molecule has 0 atom stereocenters. The second-order valence-electron chi connectivity index (χ2n) is 5.91. The Kier molecular flexibility index (Phi) is 6.54. The van der Waals surface area contributed by atoms with Crippen molar-refractivity contribution in [3.8, 4) is 0 Å². The van der Waals surface area contributed by atoms with E-state index in [-0.39, 0.29) is 24.0 Å². The fourth-order valence-electron chi connectivity index (χ4n) is 2.51. The molecule has 1 aromatic heterocycles. The van der Waals surface area contributed by atoms with E-state index >= 15 is 0 Å². The highest BCUT2D eigenvalue weighted by atomic mass is 32.2. The molecule has 0 saturated heterocycles. The summed E-state index contributed by atoms with van der Waals surface area (Å²) < 4.78 is 28.5. The smallest absolute Gasteiger partial charge is 0.232 e. The second kappa shape index (κ2) is 9.27. The summed E-state index contributed by atoms with van der Waals surface area (Å²) >= 11 is 1.34. The van der Waals surface area contributed by atoms with E-state index in [4.69, 9.17) is 0 Å². The topological polar surface area (TPSA) is 59.8 Å². The Morgan fingerprint density at radius 1 is 1.14 bits per heavy atom. The van der Waals surface area contributed by atoms with E-state index in [1.165, 1.54) is 42.1 Å². The minimum Gasteiger partial charge on any atom is -0.326 e. The van der Waals surface area contributed by atoms with Crippen molar-refractivity contribution in [1.82, 2.24) is 14.8 Å². The number of aromatic nitrogens is 3. The van der Waals surface area contributed by atoms with E-state index in [0.29, 0.717) is 34.5 Å². The number of halogens is 2. The van der Waals surface area contributed by atoms with Crippen LogP contribution in [-0.2, 0) is 23.5 Å². The molecule has 8 heteroatoms. The van der Waals surface area contributed by atoms with E-state index < -0.39 is 0 Å². The van der Waals surface area contributed by atoms with Gasteiger partial charge in [-0.05, 0) is 35.9 Å². The molecule has 2 aromatic carbocycles. The van der Waals surface area contributed by atoms with Gasteiger partial charge in [0, 0.05) is 18.0 Å². The maximum absolute atomic E-state index is 13.8. The molecule has 3 aromatic rings. The van der Waals surface area contributed by atoms with E-state index in [1.54, 1.807) is 28.8 Å². The monoisotopic (exact) mass is 400 g/mol. The molecule has 0 aliphatic rings. The number of hydrogen-bond acceptors (Lipinski definition) is 4. The molecule has 0 saturated carbocycles. The minimum absolute atomic E-state index is 0.00151. The Bertz CT molecular complexity index is 973. The van der Waals surface area contributed by atoms with Gasteiger partial charge in [0.15, 0.2) is 5.16 Å². The average Bonchev–Trinajstić information content (AvgIpc) is 3.05. The zero-order chi connectivity index (χ0) is 19.9. The molecule has 0 bridgehead atoms. The molecule has 1 amide bonds. The van der Waals surface area contributed by atoms with Crippen molar-refractivity contribution in [2.75, 3.05) is 5.32 Å². The number of thioether (sulfide) groups is 1. The van der Waals surface area contributed by atoms with Gasteiger partial charge in [0.25, 0.3) is 0 Å². The molecular weight excluding hydrogens is 382 g/mol. The van der Waals surface area contributed by atoms with Gasteiger partial charge in [0.05, 0.1) is 6.42 Å². The van der Waals surface area contributed by atoms with Gasteiger partial charge in [-0.15, -0.1) is 16.8 Å². The standard InChI is InChI=1S/C20H18F2N4OS/c1-2-11-26-18(12-19(27)23-16-9-7-15(21)8-10-16)24-25-20(26)28-13-14-5-3-4-6-17(14)22/h2-10H,1,11-13H2,(H,23,27). The molecule has 0 aliphatic carbocycles. The summed E-state index contributed by atoms with van der Waals surface area (Å²) in [6.07, 6.45) is 1.68. The first-order valence-electron chi connectivity index (χ1n) is 8.51. The Balaban J connectivity index is 1.69. The van der Waals surface area contributed by atoms with Crippen LogP contribution in [0.25, 0.3) is 0 Å². The minimum atomic E-state index is -0.375. The lowest BCUT2D eigenvalue weighted by Crippen LogP contribution is -2.17.